The van der Waals surface area contributed by atoms with Gasteiger partial charge in [-0.05, 0) is 29.8 Å². The first-order chi connectivity index (χ1) is 13.6. The van der Waals surface area contributed by atoms with Gasteiger partial charge < -0.3 is 15.3 Å². The third kappa shape index (κ3) is 3.92. The molecule has 0 bridgehead atoms. The maximum Gasteiger partial charge on any atom is 0.435 e. The number of nitrogens with one attached hydrogen (secondary N) is 1. The molecule has 1 aliphatic heterocycles. The van der Waals surface area contributed by atoms with Crippen LogP contribution >= 0.6 is 23.2 Å². The number of benzene rings is 2. The summed E-state index contributed by atoms with van der Waals surface area (Å²) in [6.45, 7) is -0.403. The number of aliphatic hydroxyl groups excluding tert-OH is 1. The fourth-order valence-corrected chi connectivity index (χ4v) is 3.61. The third-order valence-corrected chi connectivity index (χ3v) is 5.04. The van der Waals surface area contributed by atoms with E-state index >= 15 is 0 Å². The van der Waals surface area contributed by atoms with E-state index in [1.165, 1.54) is 31.3 Å². The predicted molar refractivity (Wildman–Crippen MR) is 102 cm³/mol. The lowest BCUT2D eigenvalue weighted by atomic mass is 9.86. The number of oxime groups is 1. The van der Waals surface area contributed by atoms with Crippen molar-refractivity contribution in [3.63, 3.8) is 0 Å². The van der Waals surface area contributed by atoms with Crippen LogP contribution < -0.4 is 5.32 Å². The molecular formula is C19H15Cl2F3N2O3. The second-order valence-electron chi connectivity index (χ2n) is 6.40. The van der Waals surface area contributed by atoms with Crippen LogP contribution in [-0.4, -0.2) is 29.9 Å². The van der Waals surface area contributed by atoms with E-state index in [0.717, 1.165) is 12.1 Å². The molecule has 0 radical (unpaired) electrons. The monoisotopic (exact) mass is 446 g/mol. The molecule has 1 heterocycles. The lowest BCUT2D eigenvalue weighted by Gasteiger charge is -2.29. The molecule has 29 heavy (non-hydrogen) atoms. The smallest absolute Gasteiger partial charge is 0.392 e. The van der Waals surface area contributed by atoms with Crippen LogP contribution in [0.25, 0.3) is 0 Å². The van der Waals surface area contributed by atoms with Crippen molar-refractivity contribution >= 4 is 34.8 Å². The number of halogens is 5. The van der Waals surface area contributed by atoms with Gasteiger partial charge in [-0.3, -0.25) is 4.79 Å². The summed E-state index contributed by atoms with van der Waals surface area (Å²) in [5.41, 5.74) is -2.32. The van der Waals surface area contributed by atoms with E-state index < -0.39 is 30.7 Å². The summed E-state index contributed by atoms with van der Waals surface area (Å²) >= 11 is 11.8. The van der Waals surface area contributed by atoms with E-state index in [0.29, 0.717) is 5.56 Å². The molecule has 3 rings (SSSR count). The Morgan fingerprint density at radius 1 is 1.24 bits per heavy atom. The summed E-state index contributed by atoms with van der Waals surface area (Å²) in [4.78, 5) is 17.0. The SMILES string of the molecule is CNC(=O)c1cc(C2=NOC(c3cc(Cl)cc(Cl)c3)(C(F)(F)F)C2)ccc1CO. The number of aliphatic hydroxyl groups is 1. The highest BCUT2D eigenvalue weighted by atomic mass is 35.5. The van der Waals surface area contributed by atoms with Crippen LogP contribution in [0.1, 0.15) is 33.5 Å². The summed E-state index contributed by atoms with van der Waals surface area (Å²) in [5, 5.41) is 15.5. The minimum atomic E-state index is -4.82. The molecule has 154 valence electrons. The minimum Gasteiger partial charge on any atom is -0.392 e. The van der Waals surface area contributed by atoms with Crippen molar-refractivity contribution in [3.05, 3.63) is 68.7 Å². The predicted octanol–water partition coefficient (Wildman–Crippen LogP) is 4.43. The summed E-state index contributed by atoms with van der Waals surface area (Å²) < 4.78 is 42.2. The lowest BCUT2D eigenvalue weighted by Crippen LogP contribution is -2.42. The van der Waals surface area contributed by atoms with Crippen molar-refractivity contribution in [3.8, 4) is 0 Å². The zero-order valence-corrected chi connectivity index (χ0v) is 16.5. The quantitative estimate of drug-likeness (QED) is 0.729. The Kier molecular flexibility index (Phi) is 5.80. The molecule has 0 saturated heterocycles. The average molecular weight is 447 g/mol. The van der Waals surface area contributed by atoms with Crippen molar-refractivity contribution in [2.45, 2.75) is 24.8 Å². The van der Waals surface area contributed by atoms with Gasteiger partial charge >= 0.3 is 6.18 Å². The van der Waals surface area contributed by atoms with Gasteiger partial charge in [0.1, 0.15) is 0 Å². The second kappa shape index (κ2) is 7.85. The van der Waals surface area contributed by atoms with Gasteiger partial charge in [0, 0.05) is 40.2 Å². The number of alkyl halides is 3. The summed E-state index contributed by atoms with van der Waals surface area (Å²) in [5.74, 6) is -0.487. The molecule has 2 aromatic carbocycles. The summed E-state index contributed by atoms with van der Waals surface area (Å²) in [6.07, 6.45) is -5.46. The van der Waals surface area contributed by atoms with Crippen molar-refractivity contribution in [1.29, 1.82) is 0 Å². The number of hydrogen-bond donors (Lipinski definition) is 2. The van der Waals surface area contributed by atoms with E-state index in [4.69, 9.17) is 28.0 Å². The maximum absolute atomic E-state index is 14.1. The molecule has 5 nitrogen and oxygen atoms in total. The van der Waals surface area contributed by atoms with Crippen molar-refractivity contribution < 1.29 is 27.9 Å². The molecule has 10 heteroatoms. The first kappa shape index (κ1) is 21.4. The van der Waals surface area contributed by atoms with Gasteiger partial charge in [0.15, 0.2) is 0 Å². The van der Waals surface area contributed by atoms with Crippen LogP contribution in [0, 0.1) is 0 Å². The molecule has 0 aliphatic carbocycles. The molecule has 0 spiro atoms. The molecule has 2 N–H and O–H groups in total. The van der Waals surface area contributed by atoms with Crippen LogP contribution in [-0.2, 0) is 17.0 Å². The first-order valence-corrected chi connectivity index (χ1v) is 9.11. The number of hydrogen-bond acceptors (Lipinski definition) is 4. The highest BCUT2D eigenvalue weighted by Gasteiger charge is 2.62. The average Bonchev–Trinajstić information content (AvgIpc) is 3.13. The lowest BCUT2D eigenvalue weighted by molar-refractivity contribution is -0.275. The van der Waals surface area contributed by atoms with Crippen LogP contribution in [0.2, 0.25) is 10.0 Å². The van der Waals surface area contributed by atoms with Gasteiger partial charge in [0.2, 0.25) is 0 Å². The molecule has 1 amide bonds. The van der Waals surface area contributed by atoms with Crippen LogP contribution in [0.15, 0.2) is 41.6 Å². The van der Waals surface area contributed by atoms with E-state index in [1.807, 2.05) is 0 Å². The van der Waals surface area contributed by atoms with E-state index in [-0.39, 0.29) is 32.4 Å². The van der Waals surface area contributed by atoms with Crippen LogP contribution in [0.5, 0.6) is 0 Å². The van der Waals surface area contributed by atoms with Gasteiger partial charge in [-0.25, -0.2) is 0 Å². The topological polar surface area (TPSA) is 70.9 Å². The van der Waals surface area contributed by atoms with Gasteiger partial charge in [0.25, 0.3) is 11.5 Å². The van der Waals surface area contributed by atoms with Gasteiger partial charge in [-0.15, -0.1) is 0 Å². The summed E-state index contributed by atoms with van der Waals surface area (Å²) in [6, 6.07) is 7.86. The molecule has 2 aromatic rings. The largest absolute Gasteiger partial charge is 0.435 e. The zero-order chi connectivity index (χ0) is 21.4. The summed E-state index contributed by atoms with van der Waals surface area (Å²) in [7, 11) is 1.41. The molecule has 0 saturated carbocycles. The second-order valence-corrected chi connectivity index (χ2v) is 7.27. The molecular weight excluding hydrogens is 432 g/mol. The number of rotatable bonds is 4. The number of nitrogens with zero attached hydrogens (tertiary/aromatic N) is 1. The highest BCUT2D eigenvalue weighted by Crippen LogP contribution is 2.49. The minimum absolute atomic E-state index is 0.00642. The van der Waals surface area contributed by atoms with Gasteiger partial charge in [0.05, 0.1) is 12.3 Å². The first-order valence-electron chi connectivity index (χ1n) is 8.36. The Hall–Kier alpha value is -2.29. The number of amides is 1. The molecule has 1 aliphatic rings. The zero-order valence-electron chi connectivity index (χ0n) is 15.0. The van der Waals surface area contributed by atoms with Crippen molar-refractivity contribution in [2.24, 2.45) is 5.16 Å². The Morgan fingerprint density at radius 3 is 2.45 bits per heavy atom. The van der Waals surface area contributed by atoms with E-state index in [2.05, 4.69) is 10.5 Å². The Bertz CT molecular complexity index is 975. The maximum atomic E-state index is 14.1. The molecule has 1 unspecified atom stereocenters. The molecule has 0 aromatic heterocycles. The van der Waals surface area contributed by atoms with Crippen molar-refractivity contribution in [2.75, 3.05) is 7.05 Å². The van der Waals surface area contributed by atoms with Gasteiger partial charge in [-0.2, -0.15) is 13.2 Å². The Balaban J connectivity index is 2.04. The van der Waals surface area contributed by atoms with Crippen molar-refractivity contribution in [1.82, 2.24) is 5.32 Å². The van der Waals surface area contributed by atoms with Gasteiger partial charge in [-0.1, -0.05) is 40.5 Å². The van der Waals surface area contributed by atoms with E-state index in [9.17, 15) is 23.1 Å². The standard InChI is InChI=1S/C19H15Cl2F3N2O3/c1-25-17(28)15-4-10(2-3-11(15)9-27)16-8-18(29-26-16,19(22,23)24)12-5-13(20)7-14(21)6-12/h2-7,27H,8-9H2,1H3,(H,25,28). The number of carbonyl (C=O) groups excluding carboxylic acids is 1. The Labute approximate surface area is 174 Å². The Morgan fingerprint density at radius 2 is 1.90 bits per heavy atom. The van der Waals surface area contributed by atoms with Crippen LogP contribution in [0.3, 0.4) is 0 Å². The normalized spacial score (nSPS) is 18.9. The molecule has 1 atom stereocenters. The van der Waals surface area contributed by atoms with Crippen LogP contribution in [0.4, 0.5) is 13.2 Å². The number of carbonyl (C=O) groups is 1. The fourth-order valence-electron chi connectivity index (χ4n) is 3.09. The van der Waals surface area contributed by atoms with E-state index in [1.54, 1.807) is 0 Å². The molecule has 0 fully saturated rings. The third-order valence-electron chi connectivity index (χ3n) is 4.60. The fraction of sp³-hybridized carbons (Fsp3) is 0.263. The highest BCUT2D eigenvalue weighted by molar-refractivity contribution is 6.34.